The standard InChI is InChI=1S/C11H10FNO4S/c12-6-1-3-7(4-2-6)17-9(14)5-8-10(15)13-11(16)18-8/h1-4,8-9,14H,5H2,(H,13,15,16). The van der Waals surface area contributed by atoms with Gasteiger partial charge in [0, 0.05) is 6.42 Å². The average Bonchev–Trinajstić information content (AvgIpc) is 2.61. The maximum absolute atomic E-state index is 12.6. The number of rotatable bonds is 4. The van der Waals surface area contributed by atoms with Crippen molar-refractivity contribution in [3.8, 4) is 5.75 Å². The molecule has 1 aromatic carbocycles. The number of hydrogen-bond donors (Lipinski definition) is 2. The molecule has 0 aromatic heterocycles. The van der Waals surface area contributed by atoms with E-state index < -0.39 is 28.5 Å². The number of benzene rings is 1. The number of ether oxygens (including phenoxy) is 1. The zero-order valence-corrected chi connectivity index (χ0v) is 9.95. The minimum Gasteiger partial charge on any atom is -0.465 e. The van der Waals surface area contributed by atoms with Crippen molar-refractivity contribution < 1.29 is 23.8 Å². The van der Waals surface area contributed by atoms with Crippen molar-refractivity contribution in [2.45, 2.75) is 18.0 Å². The highest BCUT2D eigenvalue weighted by Crippen LogP contribution is 2.24. The van der Waals surface area contributed by atoms with Crippen LogP contribution in [0, 0.1) is 5.82 Å². The smallest absolute Gasteiger partial charge is 0.286 e. The average molecular weight is 271 g/mol. The molecule has 0 saturated carbocycles. The van der Waals surface area contributed by atoms with Crippen molar-refractivity contribution in [3.63, 3.8) is 0 Å². The number of hydrogen-bond acceptors (Lipinski definition) is 5. The first-order valence-electron chi connectivity index (χ1n) is 5.16. The normalized spacial score (nSPS) is 20.7. The molecule has 2 N–H and O–H groups in total. The molecule has 1 fully saturated rings. The van der Waals surface area contributed by atoms with E-state index in [1.54, 1.807) is 0 Å². The molecule has 0 radical (unpaired) electrons. The zero-order chi connectivity index (χ0) is 13.1. The molecule has 18 heavy (non-hydrogen) atoms. The fraction of sp³-hybridized carbons (Fsp3) is 0.273. The molecule has 7 heteroatoms. The number of carbonyl (C=O) groups is 2. The van der Waals surface area contributed by atoms with Crippen LogP contribution in [0.15, 0.2) is 24.3 Å². The predicted octanol–water partition coefficient (Wildman–Crippen LogP) is 1.26. The molecule has 2 rings (SSSR count). The third-order valence-electron chi connectivity index (χ3n) is 2.27. The molecule has 0 bridgehead atoms. The van der Waals surface area contributed by atoms with E-state index in [9.17, 15) is 19.1 Å². The van der Waals surface area contributed by atoms with Crippen LogP contribution in [0.2, 0.25) is 0 Å². The number of aliphatic hydroxyl groups is 1. The molecule has 96 valence electrons. The van der Waals surface area contributed by atoms with Crippen molar-refractivity contribution in [2.75, 3.05) is 0 Å². The van der Waals surface area contributed by atoms with E-state index >= 15 is 0 Å². The second kappa shape index (κ2) is 5.36. The van der Waals surface area contributed by atoms with Crippen molar-refractivity contribution in [1.82, 2.24) is 5.32 Å². The lowest BCUT2D eigenvalue weighted by molar-refractivity contribution is -0.120. The van der Waals surface area contributed by atoms with Crippen LogP contribution in [-0.4, -0.2) is 27.8 Å². The highest BCUT2D eigenvalue weighted by Gasteiger charge is 2.33. The van der Waals surface area contributed by atoms with Crippen LogP contribution in [0.1, 0.15) is 6.42 Å². The lowest BCUT2D eigenvalue weighted by atomic mass is 10.2. The molecule has 0 spiro atoms. The van der Waals surface area contributed by atoms with Gasteiger partial charge in [-0.05, 0) is 24.3 Å². The Kier molecular flexibility index (Phi) is 3.83. The topological polar surface area (TPSA) is 75.6 Å². The van der Waals surface area contributed by atoms with Crippen LogP contribution in [-0.2, 0) is 4.79 Å². The summed E-state index contributed by atoms with van der Waals surface area (Å²) in [6.45, 7) is 0. The number of halogens is 1. The highest BCUT2D eigenvalue weighted by atomic mass is 32.2. The number of nitrogens with one attached hydrogen (secondary N) is 1. The first-order valence-corrected chi connectivity index (χ1v) is 6.04. The van der Waals surface area contributed by atoms with Crippen LogP contribution < -0.4 is 10.1 Å². The van der Waals surface area contributed by atoms with Crippen molar-refractivity contribution >= 4 is 22.9 Å². The van der Waals surface area contributed by atoms with Gasteiger partial charge in [-0.3, -0.25) is 14.9 Å². The molecule has 1 aromatic rings. The van der Waals surface area contributed by atoms with Crippen LogP contribution in [0.5, 0.6) is 5.75 Å². The molecule has 1 heterocycles. The van der Waals surface area contributed by atoms with Crippen molar-refractivity contribution in [3.05, 3.63) is 30.1 Å². The summed E-state index contributed by atoms with van der Waals surface area (Å²) in [5.74, 6) is -0.557. The lowest BCUT2D eigenvalue weighted by Gasteiger charge is -2.15. The minimum atomic E-state index is -1.23. The van der Waals surface area contributed by atoms with Crippen molar-refractivity contribution in [1.29, 1.82) is 0 Å². The Morgan fingerprint density at radius 3 is 2.61 bits per heavy atom. The van der Waals surface area contributed by atoms with E-state index in [1.165, 1.54) is 24.3 Å². The first-order chi connectivity index (χ1) is 8.54. The van der Waals surface area contributed by atoms with E-state index in [1.807, 2.05) is 0 Å². The molecule has 2 unspecified atom stereocenters. The fourth-order valence-electron chi connectivity index (χ4n) is 1.45. The van der Waals surface area contributed by atoms with Gasteiger partial charge in [0.25, 0.3) is 5.24 Å². The fourth-order valence-corrected chi connectivity index (χ4v) is 2.29. The second-order valence-electron chi connectivity index (χ2n) is 3.65. The van der Waals surface area contributed by atoms with Gasteiger partial charge < -0.3 is 9.84 Å². The largest absolute Gasteiger partial charge is 0.465 e. The van der Waals surface area contributed by atoms with Gasteiger partial charge in [-0.2, -0.15) is 0 Å². The number of thioether (sulfide) groups is 1. The Morgan fingerprint density at radius 2 is 2.06 bits per heavy atom. The van der Waals surface area contributed by atoms with Crippen LogP contribution in [0.3, 0.4) is 0 Å². The molecular weight excluding hydrogens is 261 g/mol. The maximum Gasteiger partial charge on any atom is 0.286 e. The number of imide groups is 1. The van der Waals surface area contributed by atoms with Gasteiger partial charge in [-0.25, -0.2) is 4.39 Å². The van der Waals surface area contributed by atoms with Gasteiger partial charge in [0.15, 0.2) is 6.29 Å². The molecule has 1 aliphatic rings. The van der Waals surface area contributed by atoms with Gasteiger partial charge in [0.05, 0.1) is 5.25 Å². The van der Waals surface area contributed by atoms with E-state index in [0.717, 1.165) is 11.8 Å². The summed E-state index contributed by atoms with van der Waals surface area (Å²) in [5.41, 5.74) is 0. The summed E-state index contributed by atoms with van der Waals surface area (Å²) in [5, 5.41) is 10.6. The highest BCUT2D eigenvalue weighted by molar-refractivity contribution is 8.15. The van der Waals surface area contributed by atoms with Gasteiger partial charge in [0.1, 0.15) is 11.6 Å². The Hall–Kier alpha value is -1.60. The molecule has 1 aliphatic heterocycles. The molecular formula is C11H10FNO4S. The number of amides is 2. The van der Waals surface area contributed by atoms with Crippen LogP contribution in [0.25, 0.3) is 0 Å². The number of aliphatic hydroxyl groups excluding tert-OH is 1. The van der Waals surface area contributed by atoms with E-state index in [0.29, 0.717) is 5.75 Å². The monoisotopic (exact) mass is 271 g/mol. The van der Waals surface area contributed by atoms with E-state index in [-0.39, 0.29) is 6.42 Å². The van der Waals surface area contributed by atoms with E-state index in [4.69, 9.17) is 4.74 Å². The SMILES string of the molecule is O=C1NC(=O)C(CC(O)Oc2ccc(F)cc2)S1. The zero-order valence-electron chi connectivity index (χ0n) is 9.13. The summed E-state index contributed by atoms with van der Waals surface area (Å²) >= 11 is 0.815. The van der Waals surface area contributed by atoms with Crippen LogP contribution in [0.4, 0.5) is 9.18 Å². The molecule has 2 atom stereocenters. The minimum absolute atomic E-state index is 0.0143. The Bertz CT molecular complexity index is 465. The quantitative estimate of drug-likeness (QED) is 0.806. The third-order valence-corrected chi connectivity index (χ3v) is 3.28. The van der Waals surface area contributed by atoms with Gasteiger partial charge in [0.2, 0.25) is 5.91 Å². The third kappa shape index (κ3) is 3.21. The summed E-state index contributed by atoms with van der Waals surface area (Å²) < 4.78 is 17.7. The summed E-state index contributed by atoms with van der Waals surface area (Å²) in [6, 6.07) is 5.13. The predicted molar refractivity (Wildman–Crippen MR) is 62.6 cm³/mol. The second-order valence-corrected chi connectivity index (χ2v) is 4.82. The molecule has 1 saturated heterocycles. The number of carbonyl (C=O) groups excluding carboxylic acids is 2. The summed E-state index contributed by atoms with van der Waals surface area (Å²) in [6.07, 6.45) is -1.25. The maximum atomic E-state index is 12.6. The first kappa shape index (κ1) is 12.8. The van der Waals surface area contributed by atoms with Crippen molar-refractivity contribution in [2.24, 2.45) is 0 Å². The van der Waals surface area contributed by atoms with Gasteiger partial charge >= 0.3 is 0 Å². The summed E-state index contributed by atoms with van der Waals surface area (Å²) in [4.78, 5) is 22.2. The van der Waals surface area contributed by atoms with Crippen LogP contribution >= 0.6 is 11.8 Å². The molecule has 2 amide bonds. The van der Waals surface area contributed by atoms with Gasteiger partial charge in [-0.15, -0.1) is 0 Å². The molecule has 0 aliphatic carbocycles. The Morgan fingerprint density at radius 1 is 1.39 bits per heavy atom. The van der Waals surface area contributed by atoms with Gasteiger partial charge in [-0.1, -0.05) is 11.8 Å². The lowest BCUT2D eigenvalue weighted by Crippen LogP contribution is -2.29. The van der Waals surface area contributed by atoms with E-state index in [2.05, 4.69) is 5.32 Å². The Labute approximate surface area is 106 Å². The molecule has 5 nitrogen and oxygen atoms in total. The summed E-state index contributed by atoms with van der Waals surface area (Å²) in [7, 11) is 0. The Balaban J connectivity index is 1.89.